The van der Waals surface area contributed by atoms with Crippen LogP contribution in [0.25, 0.3) is 22.2 Å². The molecule has 3 aromatic heterocycles. The quantitative estimate of drug-likeness (QED) is 0.455. The van der Waals surface area contributed by atoms with Crippen molar-refractivity contribution in [3.05, 3.63) is 66.6 Å². The van der Waals surface area contributed by atoms with Gasteiger partial charge in [-0.05, 0) is 36.4 Å². The van der Waals surface area contributed by atoms with E-state index in [1.165, 1.54) is 0 Å². The van der Waals surface area contributed by atoms with Crippen molar-refractivity contribution >= 4 is 16.8 Å². The van der Waals surface area contributed by atoms with Crippen LogP contribution in [0.3, 0.4) is 0 Å². The summed E-state index contributed by atoms with van der Waals surface area (Å²) in [5, 5.41) is 7.89. The number of ether oxygens (including phenoxy) is 2. The number of benzene rings is 1. The lowest BCUT2D eigenvalue weighted by Gasteiger charge is -2.34. The number of H-pyrrole nitrogens is 1. The number of aromatic amines is 1. The molecule has 4 aromatic rings. The summed E-state index contributed by atoms with van der Waals surface area (Å²) in [5.74, 6) is 1.28. The van der Waals surface area contributed by atoms with E-state index < -0.39 is 0 Å². The van der Waals surface area contributed by atoms with E-state index >= 15 is 0 Å². The SMILES string of the molecule is COCC(=O)N1CCN(Cc2ccc3cc(Oc4ccc(-c5ccn[nH]5)cn4)ccc3n2)CC1. The molecule has 0 unspecified atom stereocenters. The first kappa shape index (κ1) is 22.0. The Balaban J connectivity index is 1.20. The van der Waals surface area contributed by atoms with Crippen molar-refractivity contribution in [2.24, 2.45) is 0 Å². The number of methoxy groups -OCH3 is 1. The molecule has 1 aliphatic rings. The molecule has 1 amide bonds. The van der Waals surface area contributed by atoms with Crippen molar-refractivity contribution in [2.45, 2.75) is 6.54 Å². The topological polar surface area (TPSA) is 96.5 Å². The van der Waals surface area contributed by atoms with Crippen molar-refractivity contribution < 1.29 is 14.3 Å². The third kappa shape index (κ3) is 5.05. The van der Waals surface area contributed by atoms with Crippen LogP contribution in [0.1, 0.15) is 5.69 Å². The lowest BCUT2D eigenvalue weighted by molar-refractivity contribution is -0.136. The Morgan fingerprint density at radius 1 is 1.06 bits per heavy atom. The fraction of sp³-hybridized carbons (Fsp3) is 0.280. The smallest absolute Gasteiger partial charge is 0.248 e. The van der Waals surface area contributed by atoms with Gasteiger partial charge in [-0.3, -0.25) is 19.8 Å². The molecule has 0 aliphatic carbocycles. The van der Waals surface area contributed by atoms with E-state index in [1.54, 1.807) is 19.5 Å². The van der Waals surface area contributed by atoms with Crippen LogP contribution in [-0.4, -0.2) is 75.8 Å². The van der Waals surface area contributed by atoms with Gasteiger partial charge in [0, 0.05) is 69.2 Å². The first-order valence-corrected chi connectivity index (χ1v) is 11.2. The lowest BCUT2D eigenvalue weighted by atomic mass is 10.2. The molecule has 5 rings (SSSR count). The van der Waals surface area contributed by atoms with Gasteiger partial charge >= 0.3 is 0 Å². The second-order valence-electron chi connectivity index (χ2n) is 8.20. The van der Waals surface area contributed by atoms with Crippen LogP contribution in [0.2, 0.25) is 0 Å². The average Bonchev–Trinajstić information content (AvgIpc) is 3.40. The molecule has 1 aliphatic heterocycles. The molecule has 1 N–H and O–H groups in total. The number of rotatable bonds is 7. The van der Waals surface area contributed by atoms with Crippen LogP contribution >= 0.6 is 0 Å². The second kappa shape index (κ2) is 9.98. The Labute approximate surface area is 197 Å². The Bertz CT molecular complexity index is 1250. The molecule has 1 fully saturated rings. The zero-order chi connectivity index (χ0) is 23.3. The molecule has 9 nitrogen and oxygen atoms in total. The van der Waals surface area contributed by atoms with Crippen LogP contribution in [0.5, 0.6) is 11.6 Å². The van der Waals surface area contributed by atoms with E-state index in [-0.39, 0.29) is 12.5 Å². The molecular formula is C25H26N6O3. The van der Waals surface area contributed by atoms with E-state index in [0.717, 1.165) is 47.5 Å². The number of hydrogen-bond donors (Lipinski definition) is 1. The lowest BCUT2D eigenvalue weighted by Crippen LogP contribution is -2.49. The summed E-state index contributed by atoms with van der Waals surface area (Å²) in [7, 11) is 1.55. The van der Waals surface area contributed by atoms with Gasteiger partial charge in [-0.15, -0.1) is 0 Å². The van der Waals surface area contributed by atoms with E-state index in [4.69, 9.17) is 14.5 Å². The zero-order valence-electron chi connectivity index (χ0n) is 19.0. The molecule has 4 heterocycles. The number of nitrogens with one attached hydrogen (secondary N) is 1. The predicted octanol–water partition coefficient (Wildman–Crippen LogP) is 3.10. The molecule has 0 saturated carbocycles. The minimum Gasteiger partial charge on any atom is -0.439 e. The van der Waals surface area contributed by atoms with Gasteiger partial charge in [-0.25, -0.2) is 4.98 Å². The summed E-state index contributed by atoms with van der Waals surface area (Å²) in [6.07, 6.45) is 3.46. The van der Waals surface area contributed by atoms with Gasteiger partial charge in [-0.1, -0.05) is 6.07 Å². The van der Waals surface area contributed by atoms with E-state index in [1.807, 2.05) is 47.4 Å². The number of carbonyl (C=O) groups excluding carboxylic acids is 1. The highest BCUT2D eigenvalue weighted by Crippen LogP contribution is 2.26. The third-order valence-corrected chi connectivity index (χ3v) is 5.87. The molecule has 34 heavy (non-hydrogen) atoms. The van der Waals surface area contributed by atoms with Gasteiger partial charge in [0.2, 0.25) is 11.8 Å². The van der Waals surface area contributed by atoms with Crippen LogP contribution in [-0.2, 0) is 16.1 Å². The molecule has 0 atom stereocenters. The number of amides is 1. The molecular weight excluding hydrogens is 432 g/mol. The average molecular weight is 459 g/mol. The highest BCUT2D eigenvalue weighted by Gasteiger charge is 2.21. The van der Waals surface area contributed by atoms with Crippen LogP contribution in [0.4, 0.5) is 0 Å². The Hall–Kier alpha value is -3.82. The monoisotopic (exact) mass is 458 g/mol. The predicted molar refractivity (Wildman–Crippen MR) is 127 cm³/mol. The Kier molecular flexibility index (Phi) is 6.46. The molecule has 174 valence electrons. The summed E-state index contributed by atoms with van der Waals surface area (Å²) in [6, 6.07) is 15.6. The van der Waals surface area contributed by atoms with Crippen LogP contribution < -0.4 is 4.74 Å². The number of piperazine rings is 1. The minimum atomic E-state index is 0.0490. The van der Waals surface area contributed by atoms with Crippen molar-refractivity contribution in [1.82, 2.24) is 30.0 Å². The van der Waals surface area contributed by atoms with E-state index in [0.29, 0.717) is 24.7 Å². The normalized spacial score (nSPS) is 14.4. The molecule has 1 saturated heterocycles. The number of carbonyl (C=O) groups is 1. The van der Waals surface area contributed by atoms with Crippen molar-refractivity contribution in [2.75, 3.05) is 39.9 Å². The van der Waals surface area contributed by atoms with Crippen LogP contribution in [0, 0.1) is 0 Å². The van der Waals surface area contributed by atoms with Gasteiger partial charge in [-0.2, -0.15) is 5.10 Å². The molecule has 0 spiro atoms. The molecule has 1 aromatic carbocycles. The number of nitrogens with zero attached hydrogens (tertiary/aromatic N) is 5. The first-order valence-electron chi connectivity index (χ1n) is 11.2. The fourth-order valence-electron chi connectivity index (χ4n) is 4.03. The van der Waals surface area contributed by atoms with Gasteiger partial charge in [0.1, 0.15) is 12.4 Å². The van der Waals surface area contributed by atoms with Crippen molar-refractivity contribution in [3.63, 3.8) is 0 Å². The van der Waals surface area contributed by atoms with Crippen LogP contribution in [0.15, 0.2) is 60.9 Å². The van der Waals surface area contributed by atoms with Gasteiger partial charge in [0.15, 0.2) is 0 Å². The van der Waals surface area contributed by atoms with E-state index in [2.05, 4.69) is 26.1 Å². The maximum absolute atomic E-state index is 12.0. The highest BCUT2D eigenvalue weighted by atomic mass is 16.5. The first-order chi connectivity index (χ1) is 16.7. The number of aromatic nitrogens is 4. The number of hydrogen-bond acceptors (Lipinski definition) is 7. The number of fused-ring (bicyclic) bond motifs is 1. The van der Waals surface area contributed by atoms with E-state index in [9.17, 15) is 4.79 Å². The minimum absolute atomic E-state index is 0.0490. The van der Waals surface area contributed by atoms with Crippen molar-refractivity contribution in [1.29, 1.82) is 0 Å². The van der Waals surface area contributed by atoms with Gasteiger partial charge in [0.25, 0.3) is 0 Å². The summed E-state index contributed by atoms with van der Waals surface area (Å²) in [6.45, 7) is 3.99. The van der Waals surface area contributed by atoms with Crippen molar-refractivity contribution in [3.8, 4) is 22.9 Å². The largest absolute Gasteiger partial charge is 0.439 e. The van der Waals surface area contributed by atoms with Gasteiger partial charge < -0.3 is 14.4 Å². The molecule has 9 heteroatoms. The summed E-state index contributed by atoms with van der Waals surface area (Å²) in [4.78, 5) is 25.4. The maximum atomic E-state index is 12.0. The maximum Gasteiger partial charge on any atom is 0.248 e. The Morgan fingerprint density at radius 2 is 1.94 bits per heavy atom. The zero-order valence-corrected chi connectivity index (χ0v) is 19.0. The summed E-state index contributed by atoms with van der Waals surface area (Å²) >= 11 is 0. The van der Waals surface area contributed by atoms with Gasteiger partial charge in [0.05, 0.1) is 16.9 Å². The third-order valence-electron chi connectivity index (χ3n) is 5.87. The highest BCUT2D eigenvalue weighted by molar-refractivity contribution is 5.80. The summed E-state index contributed by atoms with van der Waals surface area (Å²) in [5.41, 5.74) is 3.78. The molecule has 0 radical (unpaired) electrons. The molecule has 0 bridgehead atoms. The standard InChI is InChI=1S/C25H26N6O3/c1-33-17-25(32)31-12-10-30(11-13-31)16-20-4-2-18-14-21(5-6-22(18)28-20)34-24-7-3-19(15-26-24)23-8-9-27-29-23/h2-9,14-15H,10-13,16-17H2,1H3,(H,27,29). The second-order valence-corrected chi connectivity index (χ2v) is 8.20. The summed E-state index contributed by atoms with van der Waals surface area (Å²) < 4.78 is 10.9. The fourth-order valence-corrected chi connectivity index (χ4v) is 4.03. The number of pyridine rings is 2. The Morgan fingerprint density at radius 3 is 2.68 bits per heavy atom.